The van der Waals surface area contributed by atoms with Crippen molar-refractivity contribution in [1.82, 2.24) is 25.2 Å². The predicted octanol–water partition coefficient (Wildman–Crippen LogP) is 3.75. The third kappa shape index (κ3) is 5.41. The third-order valence-electron chi connectivity index (χ3n) is 4.35. The van der Waals surface area contributed by atoms with Crippen LogP contribution in [-0.4, -0.2) is 34.2 Å². The van der Waals surface area contributed by atoms with Crippen LogP contribution in [0.15, 0.2) is 58.1 Å². The average Bonchev–Trinajstić information content (AvgIpc) is 3.05. The molecule has 2 aromatic heterocycles. The number of aliphatic imine (C=N–C) groups is 1. The van der Waals surface area contributed by atoms with Crippen molar-refractivity contribution in [2.75, 3.05) is 13.6 Å². The van der Waals surface area contributed by atoms with E-state index in [0.717, 1.165) is 28.4 Å². The van der Waals surface area contributed by atoms with E-state index in [0.29, 0.717) is 6.54 Å². The van der Waals surface area contributed by atoms with Gasteiger partial charge in [-0.1, -0.05) is 48.0 Å². The van der Waals surface area contributed by atoms with Gasteiger partial charge in [-0.15, -0.1) is 34.2 Å². The summed E-state index contributed by atoms with van der Waals surface area (Å²) in [7, 11) is 1.77. The van der Waals surface area contributed by atoms with Crippen LogP contribution in [0, 0.1) is 0 Å². The Balaban J connectivity index is 0.00000261. The lowest BCUT2D eigenvalue weighted by molar-refractivity contribution is 0.508. The molecule has 3 rings (SSSR count). The standard InChI is InChI=1S/C19H23BrN6.HI/c1-19(2,14-7-9-15(20)10-8-14)13-23-18(21-3)22-12-17-25-24-16-6-4-5-11-26(16)17;/h4-11H,12-13H2,1-3H3,(H2,21,22,23);1H. The summed E-state index contributed by atoms with van der Waals surface area (Å²) in [6.45, 7) is 5.73. The number of benzene rings is 1. The Kier molecular flexibility index (Phi) is 7.60. The number of rotatable bonds is 5. The molecule has 0 saturated heterocycles. The van der Waals surface area contributed by atoms with Crippen molar-refractivity contribution in [3.05, 3.63) is 64.5 Å². The second-order valence-electron chi connectivity index (χ2n) is 6.72. The van der Waals surface area contributed by atoms with Crippen molar-refractivity contribution < 1.29 is 0 Å². The summed E-state index contributed by atoms with van der Waals surface area (Å²) in [4.78, 5) is 4.31. The quantitative estimate of drug-likeness (QED) is 0.293. The van der Waals surface area contributed by atoms with Crippen LogP contribution >= 0.6 is 39.9 Å². The van der Waals surface area contributed by atoms with Gasteiger partial charge in [-0.3, -0.25) is 9.39 Å². The van der Waals surface area contributed by atoms with Crippen LogP contribution in [0.1, 0.15) is 25.2 Å². The van der Waals surface area contributed by atoms with Crippen LogP contribution in [-0.2, 0) is 12.0 Å². The maximum absolute atomic E-state index is 4.31. The number of nitrogens with one attached hydrogen (secondary N) is 2. The normalized spacial score (nSPS) is 11.9. The largest absolute Gasteiger partial charge is 0.356 e. The van der Waals surface area contributed by atoms with Gasteiger partial charge in [0.2, 0.25) is 0 Å². The number of aromatic nitrogens is 3. The summed E-state index contributed by atoms with van der Waals surface area (Å²) >= 11 is 3.48. The summed E-state index contributed by atoms with van der Waals surface area (Å²) in [5.74, 6) is 1.58. The Bertz CT molecular complexity index is 904. The number of hydrogen-bond acceptors (Lipinski definition) is 3. The van der Waals surface area contributed by atoms with Crippen LogP contribution < -0.4 is 10.6 Å². The maximum Gasteiger partial charge on any atom is 0.191 e. The van der Waals surface area contributed by atoms with Crippen LogP contribution in [0.2, 0.25) is 0 Å². The van der Waals surface area contributed by atoms with Crippen molar-refractivity contribution in [3.8, 4) is 0 Å². The average molecular weight is 543 g/mol. The number of guanidine groups is 1. The summed E-state index contributed by atoms with van der Waals surface area (Å²) < 4.78 is 3.05. The van der Waals surface area contributed by atoms with Gasteiger partial charge in [0.15, 0.2) is 17.4 Å². The highest BCUT2D eigenvalue weighted by Gasteiger charge is 2.21. The van der Waals surface area contributed by atoms with Crippen molar-refractivity contribution in [3.63, 3.8) is 0 Å². The molecule has 0 fully saturated rings. The van der Waals surface area contributed by atoms with Crippen LogP contribution in [0.3, 0.4) is 0 Å². The smallest absolute Gasteiger partial charge is 0.191 e. The summed E-state index contributed by atoms with van der Waals surface area (Å²) in [5.41, 5.74) is 2.08. The number of pyridine rings is 1. The molecule has 0 amide bonds. The molecule has 144 valence electrons. The summed E-state index contributed by atoms with van der Waals surface area (Å²) in [6, 6.07) is 14.3. The topological polar surface area (TPSA) is 66.6 Å². The molecule has 0 saturated carbocycles. The lowest BCUT2D eigenvalue weighted by Gasteiger charge is -2.26. The Hall–Kier alpha value is -1.68. The second-order valence-corrected chi connectivity index (χ2v) is 7.63. The van der Waals surface area contributed by atoms with E-state index >= 15 is 0 Å². The molecule has 0 bridgehead atoms. The van der Waals surface area contributed by atoms with Gasteiger partial charge in [0, 0.05) is 29.7 Å². The van der Waals surface area contributed by atoms with Gasteiger partial charge < -0.3 is 10.6 Å². The highest BCUT2D eigenvalue weighted by molar-refractivity contribution is 14.0. The minimum atomic E-state index is -0.0279. The SMILES string of the molecule is CN=C(NCc1nnc2ccccn12)NCC(C)(C)c1ccc(Br)cc1.I. The molecule has 2 N–H and O–H groups in total. The molecule has 0 atom stereocenters. The molecule has 3 aromatic rings. The molecule has 2 heterocycles. The molecule has 27 heavy (non-hydrogen) atoms. The molecule has 0 unspecified atom stereocenters. The first-order valence-corrected chi connectivity index (χ1v) is 9.28. The first-order valence-electron chi connectivity index (χ1n) is 8.49. The van der Waals surface area contributed by atoms with Gasteiger partial charge in [0.25, 0.3) is 0 Å². The second kappa shape index (κ2) is 9.50. The molecule has 0 aliphatic carbocycles. The fourth-order valence-corrected chi connectivity index (χ4v) is 2.97. The van der Waals surface area contributed by atoms with Crippen molar-refractivity contribution in [1.29, 1.82) is 0 Å². The van der Waals surface area contributed by atoms with Gasteiger partial charge in [0.05, 0.1) is 6.54 Å². The molecular weight excluding hydrogens is 519 g/mol. The van der Waals surface area contributed by atoms with Crippen molar-refractivity contribution in [2.45, 2.75) is 25.8 Å². The van der Waals surface area contributed by atoms with Crippen LogP contribution in [0.5, 0.6) is 0 Å². The number of nitrogens with zero attached hydrogens (tertiary/aromatic N) is 4. The van der Waals surface area contributed by atoms with E-state index in [2.05, 4.69) is 79.9 Å². The molecule has 8 heteroatoms. The van der Waals surface area contributed by atoms with Crippen LogP contribution in [0.25, 0.3) is 5.65 Å². The Labute approximate surface area is 185 Å². The van der Waals surface area contributed by atoms with Crippen LogP contribution in [0.4, 0.5) is 0 Å². The van der Waals surface area contributed by atoms with E-state index in [1.165, 1.54) is 5.56 Å². The molecule has 0 aliphatic rings. The van der Waals surface area contributed by atoms with E-state index in [1.807, 2.05) is 28.8 Å². The fraction of sp³-hybridized carbons (Fsp3) is 0.316. The zero-order valence-electron chi connectivity index (χ0n) is 15.6. The molecule has 0 radical (unpaired) electrons. The van der Waals surface area contributed by atoms with Crippen molar-refractivity contribution in [2.24, 2.45) is 4.99 Å². The zero-order valence-corrected chi connectivity index (χ0v) is 19.5. The zero-order chi connectivity index (χ0) is 18.6. The van der Waals surface area contributed by atoms with Gasteiger partial charge >= 0.3 is 0 Å². The minimum absolute atomic E-state index is 0. The summed E-state index contributed by atoms with van der Waals surface area (Å²) in [5, 5.41) is 15.1. The van der Waals surface area contributed by atoms with E-state index in [9.17, 15) is 0 Å². The molecule has 1 aromatic carbocycles. The highest BCUT2D eigenvalue weighted by atomic mass is 127. The predicted molar refractivity (Wildman–Crippen MR) is 124 cm³/mol. The molecular formula is C19H24BrIN6. The molecule has 0 aliphatic heterocycles. The number of fused-ring (bicyclic) bond motifs is 1. The van der Waals surface area contributed by atoms with Gasteiger partial charge in [-0.25, -0.2) is 0 Å². The Morgan fingerprint density at radius 3 is 2.56 bits per heavy atom. The van der Waals surface area contributed by atoms with Gasteiger partial charge in [-0.05, 0) is 29.8 Å². The first kappa shape index (κ1) is 21.6. The molecule has 0 spiro atoms. The third-order valence-corrected chi connectivity index (χ3v) is 4.87. The Morgan fingerprint density at radius 1 is 1.11 bits per heavy atom. The minimum Gasteiger partial charge on any atom is -0.356 e. The van der Waals surface area contributed by atoms with E-state index in [-0.39, 0.29) is 29.4 Å². The van der Waals surface area contributed by atoms with Crippen molar-refractivity contribution >= 4 is 51.5 Å². The van der Waals surface area contributed by atoms with Gasteiger partial charge in [0.1, 0.15) is 0 Å². The Morgan fingerprint density at radius 2 is 1.85 bits per heavy atom. The molecule has 6 nitrogen and oxygen atoms in total. The lowest BCUT2D eigenvalue weighted by atomic mass is 9.85. The summed E-state index contributed by atoms with van der Waals surface area (Å²) in [6.07, 6.45) is 1.96. The monoisotopic (exact) mass is 542 g/mol. The first-order chi connectivity index (χ1) is 12.5. The van der Waals surface area contributed by atoms with Gasteiger partial charge in [-0.2, -0.15) is 0 Å². The fourth-order valence-electron chi connectivity index (χ4n) is 2.70. The van der Waals surface area contributed by atoms with E-state index in [1.54, 1.807) is 7.05 Å². The highest BCUT2D eigenvalue weighted by Crippen LogP contribution is 2.23. The van der Waals surface area contributed by atoms with E-state index in [4.69, 9.17) is 0 Å². The lowest BCUT2D eigenvalue weighted by Crippen LogP contribution is -2.43. The number of hydrogen-bond donors (Lipinski definition) is 2. The maximum atomic E-state index is 4.31. The number of halogens is 2. The van der Waals surface area contributed by atoms with E-state index < -0.39 is 0 Å².